The van der Waals surface area contributed by atoms with Crippen molar-refractivity contribution in [1.82, 2.24) is 4.90 Å². The van der Waals surface area contributed by atoms with E-state index in [1.165, 1.54) is 4.90 Å². The predicted molar refractivity (Wildman–Crippen MR) is 126 cm³/mol. The number of hydrogen-bond acceptors (Lipinski definition) is 6. The fourth-order valence-electron chi connectivity index (χ4n) is 4.50. The van der Waals surface area contributed by atoms with Crippen molar-refractivity contribution in [1.29, 1.82) is 0 Å². The molecular formula is C26H30N2O5. The number of nitrogens with zero attached hydrogens (tertiary/aromatic N) is 2. The van der Waals surface area contributed by atoms with E-state index in [-0.39, 0.29) is 30.4 Å². The van der Waals surface area contributed by atoms with E-state index in [1.54, 1.807) is 43.5 Å². The quantitative estimate of drug-likeness (QED) is 0.651. The van der Waals surface area contributed by atoms with Gasteiger partial charge in [-0.15, -0.1) is 0 Å². The van der Waals surface area contributed by atoms with Crippen molar-refractivity contribution in [2.75, 3.05) is 31.7 Å². The average Bonchev–Trinajstić information content (AvgIpc) is 3.09. The molecule has 0 bridgehead atoms. The Bertz CT molecular complexity index is 1060. The van der Waals surface area contributed by atoms with E-state index < -0.39 is 0 Å². The topological polar surface area (TPSA) is 79.3 Å². The Balaban J connectivity index is 1.77. The zero-order chi connectivity index (χ0) is 23.5. The molecule has 1 saturated heterocycles. The van der Waals surface area contributed by atoms with Crippen LogP contribution in [0.2, 0.25) is 0 Å². The maximum atomic E-state index is 13.7. The highest BCUT2D eigenvalue weighted by Gasteiger charge is 2.44. The SMILES string of the molecule is COc1ccccc1C1=C(N2CCCC(CO)C2)C(=O)N(c2ccc(OC(C)C)cc2)C1=O. The average molecular weight is 451 g/mol. The third kappa shape index (κ3) is 4.46. The number of aliphatic hydroxyl groups excluding tert-OH is 1. The van der Waals surface area contributed by atoms with Gasteiger partial charge in [0.15, 0.2) is 0 Å². The van der Waals surface area contributed by atoms with Gasteiger partial charge in [-0.2, -0.15) is 0 Å². The summed E-state index contributed by atoms with van der Waals surface area (Å²) < 4.78 is 11.2. The van der Waals surface area contributed by atoms with E-state index in [4.69, 9.17) is 9.47 Å². The molecule has 33 heavy (non-hydrogen) atoms. The van der Waals surface area contributed by atoms with Crippen LogP contribution in [0.25, 0.3) is 5.57 Å². The molecule has 2 amide bonds. The van der Waals surface area contributed by atoms with Crippen LogP contribution in [0.5, 0.6) is 11.5 Å². The van der Waals surface area contributed by atoms with Crippen LogP contribution in [-0.2, 0) is 9.59 Å². The van der Waals surface area contributed by atoms with Crippen LogP contribution in [0.4, 0.5) is 5.69 Å². The van der Waals surface area contributed by atoms with Gasteiger partial charge in [-0.3, -0.25) is 9.59 Å². The van der Waals surface area contributed by atoms with Crippen molar-refractivity contribution in [3.8, 4) is 11.5 Å². The van der Waals surface area contributed by atoms with E-state index in [9.17, 15) is 14.7 Å². The Morgan fingerprint density at radius 3 is 2.45 bits per heavy atom. The number of anilines is 1. The summed E-state index contributed by atoms with van der Waals surface area (Å²) in [5, 5.41) is 9.72. The van der Waals surface area contributed by atoms with Gasteiger partial charge in [-0.25, -0.2) is 4.90 Å². The first-order valence-electron chi connectivity index (χ1n) is 11.3. The molecule has 0 aromatic heterocycles. The fourth-order valence-corrected chi connectivity index (χ4v) is 4.50. The minimum Gasteiger partial charge on any atom is -0.496 e. The van der Waals surface area contributed by atoms with Gasteiger partial charge in [0.2, 0.25) is 0 Å². The van der Waals surface area contributed by atoms with Gasteiger partial charge in [0.25, 0.3) is 11.8 Å². The lowest BCUT2D eigenvalue weighted by Crippen LogP contribution is -2.40. The van der Waals surface area contributed by atoms with Crippen LogP contribution < -0.4 is 14.4 Å². The van der Waals surface area contributed by atoms with Gasteiger partial charge in [0, 0.05) is 25.3 Å². The lowest BCUT2D eigenvalue weighted by Gasteiger charge is -2.34. The summed E-state index contributed by atoms with van der Waals surface area (Å²) in [6.07, 6.45) is 1.76. The molecule has 2 aromatic carbocycles. The molecule has 1 unspecified atom stereocenters. The van der Waals surface area contributed by atoms with E-state index in [1.807, 2.05) is 30.9 Å². The molecule has 1 N–H and O–H groups in total. The van der Waals surface area contributed by atoms with Crippen LogP contribution >= 0.6 is 0 Å². The molecule has 2 aliphatic rings. The third-order valence-electron chi connectivity index (χ3n) is 6.00. The number of likely N-dealkylation sites (tertiary alicyclic amines) is 1. The number of aliphatic hydroxyl groups is 1. The third-order valence-corrected chi connectivity index (χ3v) is 6.00. The fraction of sp³-hybridized carbons (Fsp3) is 0.385. The number of carbonyl (C=O) groups is 2. The van der Waals surface area contributed by atoms with Crippen LogP contribution in [0.15, 0.2) is 54.2 Å². The van der Waals surface area contributed by atoms with E-state index >= 15 is 0 Å². The van der Waals surface area contributed by atoms with Crippen molar-refractivity contribution >= 4 is 23.1 Å². The molecule has 0 saturated carbocycles. The first-order valence-corrected chi connectivity index (χ1v) is 11.3. The Labute approximate surface area is 194 Å². The van der Waals surface area contributed by atoms with Crippen LogP contribution in [0.1, 0.15) is 32.3 Å². The molecule has 7 heteroatoms. The zero-order valence-corrected chi connectivity index (χ0v) is 19.3. The molecule has 2 heterocycles. The number of carbonyl (C=O) groups excluding carboxylic acids is 2. The van der Waals surface area contributed by atoms with Crippen LogP contribution in [0.3, 0.4) is 0 Å². The highest BCUT2D eigenvalue weighted by atomic mass is 16.5. The summed E-state index contributed by atoms with van der Waals surface area (Å²) in [6, 6.07) is 14.2. The molecule has 0 spiro atoms. The molecule has 4 rings (SSSR count). The smallest absolute Gasteiger partial charge is 0.282 e. The number of hydrogen-bond donors (Lipinski definition) is 1. The molecule has 2 aliphatic heterocycles. The van der Waals surface area contributed by atoms with Gasteiger partial charge in [0.05, 0.1) is 24.5 Å². The molecule has 0 radical (unpaired) electrons. The van der Waals surface area contributed by atoms with Crippen LogP contribution in [-0.4, -0.2) is 54.7 Å². The Morgan fingerprint density at radius 1 is 1.06 bits per heavy atom. The maximum Gasteiger partial charge on any atom is 0.282 e. The Morgan fingerprint density at radius 2 is 1.79 bits per heavy atom. The number of imide groups is 1. The number of rotatable bonds is 7. The summed E-state index contributed by atoms with van der Waals surface area (Å²) in [7, 11) is 1.55. The highest BCUT2D eigenvalue weighted by molar-refractivity contribution is 6.45. The van der Waals surface area contributed by atoms with Crippen molar-refractivity contribution in [3.05, 3.63) is 59.8 Å². The van der Waals surface area contributed by atoms with Crippen LogP contribution in [0, 0.1) is 5.92 Å². The molecule has 1 fully saturated rings. The second-order valence-corrected chi connectivity index (χ2v) is 8.67. The normalized spacial score (nSPS) is 19.0. The second kappa shape index (κ2) is 9.67. The number of para-hydroxylation sites is 1. The molecule has 2 aromatic rings. The van der Waals surface area contributed by atoms with Gasteiger partial charge < -0.3 is 19.5 Å². The van der Waals surface area contributed by atoms with Gasteiger partial charge >= 0.3 is 0 Å². The molecule has 7 nitrogen and oxygen atoms in total. The Kier molecular flexibility index (Phi) is 6.70. The van der Waals surface area contributed by atoms with Crippen molar-refractivity contribution in [3.63, 3.8) is 0 Å². The van der Waals surface area contributed by atoms with Gasteiger partial charge in [-0.1, -0.05) is 18.2 Å². The number of amides is 2. The summed E-state index contributed by atoms with van der Waals surface area (Å²) >= 11 is 0. The monoisotopic (exact) mass is 450 g/mol. The minimum atomic E-state index is -0.386. The van der Waals surface area contributed by atoms with E-state index in [0.29, 0.717) is 47.1 Å². The van der Waals surface area contributed by atoms with Crippen molar-refractivity contribution in [2.45, 2.75) is 32.8 Å². The largest absolute Gasteiger partial charge is 0.496 e. The number of piperidine rings is 1. The Hall–Kier alpha value is -3.32. The molecular weight excluding hydrogens is 420 g/mol. The summed E-state index contributed by atoms with van der Waals surface area (Å²) in [5.41, 5.74) is 1.77. The summed E-state index contributed by atoms with van der Waals surface area (Å²) in [4.78, 5) is 30.6. The number of benzene rings is 2. The van der Waals surface area contributed by atoms with E-state index in [0.717, 1.165) is 12.8 Å². The van der Waals surface area contributed by atoms with Crippen molar-refractivity contribution in [2.24, 2.45) is 5.92 Å². The lowest BCUT2D eigenvalue weighted by atomic mass is 9.96. The van der Waals surface area contributed by atoms with Crippen molar-refractivity contribution < 1.29 is 24.2 Å². The standard InChI is InChI=1S/C26H30N2O5/c1-17(2)33-20-12-10-19(11-13-20)28-25(30)23(21-8-4-5-9-22(21)32-3)24(26(28)31)27-14-6-7-18(15-27)16-29/h4-5,8-13,17-18,29H,6-7,14-16H2,1-3H3. The molecule has 1 atom stereocenters. The maximum absolute atomic E-state index is 13.7. The van der Waals surface area contributed by atoms with Gasteiger partial charge in [-0.05, 0) is 62.9 Å². The number of ether oxygens (including phenoxy) is 2. The lowest BCUT2D eigenvalue weighted by molar-refractivity contribution is -0.120. The van der Waals surface area contributed by atoms with E-state index in [2.05, 4.69) is 0 Å². The molecule has 174 valence electrons. The summed E-state index contributed by atoms with van der Waals surface area (Å²) in [6.45, 7) is 5.11. The summed E-state index contributed by atoms with van der Waals surface area (Å²) in [5.74, 6) is 0.520. The zero-order valence-electron chi connectivity index (χ0n) is 19.3. The second-order valence-electron chi connectivity index (χ2n) is 8.67. The predicted octanol–water partition coefficient (Wildman–Crippen LogP) is 3.47. The first-order chi connectivity index (χ1) is 15.9. The van der Waals surface area contributed by atoms with Gasteiger partial charge in [0.1, 0.15) is 17.2 Å². The molecule has 0 aliphatic carbocycles. The minimum absolute atomic E-state index is 0.0230. The highest BCUT2D eigenvalue weighted by Crippen LogP contribution is 2.39. The first kappa shape index (κ1) is 22.9. The number of methoxy groups -OCH3 is 1.